The topological polar surface area (TPSA) is 73.6 Å². The second-order valence-electron chi connectivity index (χ2n) is 4.50. The summed E-state index contributed by atoms with van der Waals surface area (Å²) in [5.74, 6) is 0.187. The maximum Gasteiger partial charge on any atom is 0.259 e. The molecule has 0 atom stereocenters. The number of para-hydroxylation sites is 1. The summed E-state index contributed by atoms with van der Waals surface area (Å²) in [6, 6.07) is 12.4. The van der Waals surface area contributed by atoms with Crippen LogP contribution in [-0.4, -0.2) is 20.1 Å². The molecule has 3 N–H and O–H groups in total. The van der Waals surface area contributed by atoms with E-state index in [4.69, 9.17) is 15.2 Å². The Morgan fingerprint density at radius 2 is 1.95 bits per heavy atom. The number of hydrogen-bond donors (Lipinski definition) is 2. The fraction of sp³-hybridized carbons (Fsp3) is 0.188. The largest absolute Gasteiger partial charge is 0.496 e. The van der Waals surface area contributed by atoms with Crippen LogP contribution in [0.5, 0.6) is 5.75 Å². The monoisotopic (exact) mass is 286 g/mol. The lowest BCUT2D eigenvalue weighted by Gasteiger charge is -2.12. The molecule has 5 nitrogen and oxygen atoms in total. The van der Waals surface area contributed by atoms with Crippen LogP contribution in [0.1, 0.15) is 15.9 Å². The van der Waals surface area contributed by atoms with E-state index in [0.29, 0.717) is 29.3 Å². The van der Waals surface area contributed by atoms with Gasteiger partial charge in [-0.15, -0.1) is 0 Å². The van der Waals surface area contributed by atoms with Crippen LogP contribution in [0.3, 0.4) is 0 Å². The summed E-state index contributed by atoms with van der Waals surface area (Å²) >= 11 is 0. The quantitative estimate of drug-likeness (QED) is 0.829. The van der Waals surface area contributed by atoms with E-state index in [1.807, 2.05) is 24.3 Å². The molecule has 0 aliphatic carbocycles. The van der Waals surface area contributed by atoms with Gasteiger partial charge in [0.2, 0.25) is 0 Å². The van der Waals surface area contributed by atoms with Crippen molar-refractivity contribution in [2.45, 2.75) is 6.61 Å². The Labute approximate surface area is 123 Å². The highest BCUT2D eigenvalue weighted by molar-refractivity contribution is 6.06. The fourth-order valence-corrected chi connectivity index (χ4v) is 2.01. The zero-order valence-electron chi connectivity index (χ0n) is 12.1. The van der Waals surface area contributed by atoms with Crippen LogP contribution in [0.2, 0.25) is 0 Å². The van der Waals surface area contributed by atoms with Gasteiger partial charge in [-0.3, -0.25) is 4.79 Å². The summed E-state index contributed by atoms with van der Waals surface area (Å²) in [6.07, 6.45) is 0. The molecule has 5 heteroatoms. The van der Waals surface area contributed by atoms with Gasteiger partial charge in [0.05, 0.1) is 19.3 Å². The number of nitrogen functional groups attached to an aromatic ring is 1. The zero-order valence-corrected chi connectivity index (χ0v) is 12.1. The summed E-state index contributed by atoms with van der Waals surface area (Å²) in [6.45, 7) is 0.426. The smallest absolute Gasteiger partial charge is 0.259 e. The molecule has 0 heterocycles. The Bertz CT molecular complexity index is 641. The van der Waals surface area contributed by atoms with Crippen LogP contribution in [0.4, 0.5) is 11.4 Å². The molecule has 0 aliphatic rings. The van der Waals surface area contributed by atoms with Crippen molar-refractivity contribution >= 4 is 17.3 Å². The molecule has 0 fully saturated rings. The van der Waals surface area contributed by atoms with E-state index in [2.05, 4.69) is 5.32 Å². The van der Waals surface area contributed by atoms with Gasteiger partial charge in [0.15, 0.2) is 0 Å². The molecule has 2 aromatic rings. The highest BCUT2D eigenvalue weighted by atomic mass is 16.5. The number of rotatable bonds is 5. The van der Waals surface area contributed by atoms with Crippen LogP contribution in [0.15, 0.2) is 42.5 Å². The first-order chi connectivity index (χ1) is 10.2. The number of amides is 1. The average molecular weight is 286 g/mol. The van der Waals surface area contributed by atoms with Crippen molar-refractivity contribution < 1.29 is 14.3 Å². The third kappa shape index (κ3) is 3.52. The van der Waals surface area contributed by atoms with E-state index in [9.17, 15) is 4.79 Å². The molecular weight excluding hydrogens is 268 g/mol. The van der Waals surface area contributed by atoms with Crippen molar-refractivity contribution in [3.63, 3.8) is 0 Å². The van der Waals surface area contributed by atoms with Crippen LogP contribution in [0, 0.1) is 0 Å². The molecule has 0 saturated carbocycles. The van der Waals surface area contributed by atoms with Gasteiger partial charge in [-0.25, -0.2) is 0 Å². The number of nitrogens with two attached hydrogens (primary N) is 1. The van der Waals surface area contributed by atoms with Gasteiger partial charge >= 0.3 is 0 Å². The van der Waals surface area contributed by atoms with Crippen molar-refractivity contribution in [3.8, 4) is 5.75 Å². The van der Waals surface area contributed by atoms with Crippen LogP contribution in [-0.2, 0) is 11.3 Å². The fourth-order valence-electron chi connectivity index (χ4n) is 2.01. The minimum absolute atomic E-state index is 0.254. The number of hydrogen-bond acceptors (Lipinski definition) is 4. The summed E-state index contributed by atoms with van der Waals surface area (Å²) in [4.78, 5) is 12.4. The average Bonchev–Trinajstić information content (AvgIpc) is 2.49. The van der Waals surface area contributed by atoms with Crippen molar-refractivity contribution in [1.29, 1.82) is 0 Å². The second kappa shape index (κ2) is 6.76. The number of carbonyl (C=O) groups is 1. The van der Waals surface area contributed by atoms with Gasteiger partial charge in [0, 0.05) is 30.1 Å². The maximum atomic E-state index is 12.4. The molecule has 2 rings (SSSR count). The maximum absolute atomic E-state index is 12.4. The lowest BCUT2D eigenvalue weighted by molar-refractivity contribution is 0.102. The summed E-state index contributed by atoms with van der Waals surface area (Å²) < 4.78 is 10.3. The van der Waals surface area contributed by atoms with Gasteiger partial charge < -0.3 is 20.5 Å². The van der Waals surface area contributed by atoms with Crippen LogP contribution < -0.4 is 15.8 Å². The summed E-state index contributed by atoms with van der Waals surface area (Å²) in [5, 5.41) is 2.87. The van der Waals surface area contributed by atoms with Crippen molar-refractivity contribution in [1.82, 2.24) is 0 Å². The first-order valence-electron chi connectivity index (χ1n) is 6.47. The Balaban J connectivity index is 2.26. The molecular formula is C16H18N2O3. The standard InChI is InChI=1S/C16H18N2O3/c1-20-10-11-5-3-4-6-14(11)18-16(19)13-8-7-12(17)9-15(13)21-2/h3-9H,10,17H2,1-2H3,(H,18,19). The molecule has 2 aromatic carbocycles. The third-order valence-electron chi connectivity index (χ3n) is 3.04. The van der Waals surface area contributed by atoms with Crippen molar-refractivity contribution in [2.75, 3.05) is 25.3 Å². The van der Waals surface area contributed by atoms with Gasteiger partial charge in [-0.1, -0.05) is 18.2 Å². The van der Waals surface area contributed by atoms with Crippen molar-refractivity contribution in [3.05, 3.63) is 53.6 Å². The van der Waals surface area contributed by atoms with Gasteiger partial charge in [-0.2, -0.15) is 0 Å². The van der Waals surface area contributed by atoms with E-state index in [1.54, 1.807) is 25.3 Å². The molecule has 0 aromatic heterocycles. The summed E-state index contributed by atoms with van der Waals surface area (Å²) in [5.41, 5.74) is 8.28. The van der Waals surface area contributed by atoms with E-state index in [1.165, 1.54) is 7.11 Å². The molecule has 110 valence electrons. The molecule has 0 bridgehead atoms. The van der Waals surface area contributed by atoms with E-state index in [-0.39, 0.29) is 5.91 Å². The molecule has 0 spiro atoms. The molecule has 0 radical (unpaired) electrons. The van der Waals surface area contributed by atoms with Gasteiger partial charge in [0.1, 0.15) is 5.75 Å². The molecule has 0 unspecified atom stereocenters. The lowest BCUT2D eigenvalue weighted by atomic mass is 10.1. The normalized spacial score (nSPS) is 10.2. The Morgan fingerprint density at radius 1 is 1.19 bits per heavy atom. The van der Waals surface area contributed by atoms with Crippen molar-refractivity contribution in [2.24, 2.45) is 0 Å². The molecule has 0 aliphatic heterocycles. The van der Waals surface area contributed by atoms with E-state index >= 15 is 0 Å². The van der Waals surface area contributed by atoms with Gasteiger partial charge in [0.25, 0.3) is 5.91 Å². The Morgan fingerprint density at radius 3 is 2.67 bits per heavy atom. The van der Waals surface area contributed by atoms with Crippen LogP contribution >= 0.6 is 0 Å². The second-order valence-corrected chi connectivity index (χ2v) is 4.50. The number of methoxy groups -OCH3 is 2. The zero-order chi connectivity index (χ0) is 15.2. The molecule has 21 heavy (non-hydrogen) atoms. The van der Waals surface area contributed by atoms with Crippen LogP contribution in [0.25, 0.3) is 0 Å². The predicted molar refractivity (Wildman–Crippen MR) is 82.5 cm³/mol. The SMILES string of the molecule is COCc1ccccc1NC(=O)c1ccc(N)cc1OC. The van der Waals surface area contributed by atoms with Gasteiger partial charge in [-0.05, 0) is 18.2 Å². The molecule has 1 amide bonds. The number of carbonyl (C=O) groups excluding carboxylic acids is 1. The number of nitrogens with one attached hydrogen (secondary N) is 1. The molecule has 0 saturated heterocycles. The Hall–Kier alpha value is -2.53. The minimum atomic E-state index is -0.254. The van der Waals surface area contributed by atoms with E-state index in [0.717, 1.165) is 5.56 Å². The third-order valence-corrected chi connectivity index (χ3v) is 3.04. The highest BCUT2D eigenvalue weighted by Gasteiger charge is 2.14. The first kappa shape index (κ1) is 14.9. The minimum Gasteiger partial charge on any atom is -0.496 e. The number of benzene rings is 2. The lowest BCUT2D eigenvalue weighted by Crippen LogP contribution is -2.14. The summed E-state index contributed by atoms with van der Waals surface area (Å²) in [7, 11) is 3.12. The van der Waals surface area contributed by atoms with E-state index < -0.39 is 0 Å². The Kier molecular flexibility index (Phi) is 4.79. The number of ether oxygens (including phenoxy) is 2. The predicted octanol–water partition coefficient (Wildman–Crippen LogP) is 2.68. The highest BCUT2D eigenvalue weighted by Crippen LogP contribution is 2.24. The number of anilines is 2. The first-order valence-corrected chi connectivity index (χ1v) is 6.47.